The lowest BCUT2D eigenvalue weighted by molar-refractivity contribution is -0.119. The molecule has 0 bridgehead atoms. The maximum absolute atomic E-state index is 13.6. The lowest BCUT2D eigenvalue weighted by Gasteiger charge is -2.23. The lowest BCUT2D eigenvalue weighted by Crippen LogP contribution is -2.46. The molecule has 9 nitrogen and oxygen atoms in total. The second-order valence-corrected chi connectivity index (χ2v) is 8.79. The molecule has 0 fully saturated rings. The molecule has 2 aromatic carbocycles. The maximum Gasteiger partial charge on any atom is 0.333 e. The predicted molar refractivity (Wildman–Crippen MR) is 133 cm³/mol. The molecular formula is C26H27N5O4. The molecule has 35 heavy (non-hydrogen) atoms. The minimum absolute atomic E-state index is 0.0573. The van der Waals surface area contributed by atoms with Crippen LogP contribution in [0.5, 0.6) is 0 Å². The summed E-state index contributed by atoms with van der Waals surface area (Å²) in [5.41, 5.74) is 2.28. The highest BCUT2D eigenvalue weighted by molar-refractivity contribution is 5.96. The first kappa shape index (κ1) is 22.8. The van der Waals surface area contributed by atoms with E-state index in [9.17, 15) is 14.4 Å². The van der Waals surface area contributed by atoms with E-state index in [1.54, 1.807) is 16.6 Å². The van der Waals surface area contributed by atoms with Crippen molar-refractivity contribution in [1.82, 2.24) is 18.7 Å². The monoisotopic (exact) mass is 473 g/mol. The number of amides is 1. The molecule has 2 aromatic heterocycles. The Morgan fingerprint density at radius 2 is 1.80 bits per heavy atom. The summed E-state index contributed by atoms with van der Waals surface area (Å²) >= 11 is 0. The van der Waals surface area contributed by atoms with Crippen LogP contribution in [0.1, 0.15) is 18.1 Å². The SMILES string of the molecule is COCCn1cnc2c1c(=O)n(CC(=O)N1c3ccccc3C[C@@H]1C)c(=O)n2Cc1ccccc1. The molecule has 9 heteroatoms. The van der Waals surface area contributed by atoms with E-state index >= 15 is 0 Å². The third-order valence-electron chi connectivity index (χ3n) is 6.47. The van der Waals surface area contributed by atoms with Crippen molar-refractivity contribution in [3.63, 3.8) is 0 Å². The molecule has 180 valence electrons. The molecule has 0 spiro atoms. The second-order valence-electron chi connectivity index (χ2n) is 8.79. The number of hydrogen-bond donors (Lipinski definition) is 0. The lowest BCUT2D eigenvalue weighted by atomic mass is 10.1. The Bertz CT molecular complexity index is 1500. The third-order valence-corrected chi connectivity index (χ3v) is 6.47. The van der Waals surface area contributed by atoms with Gasteiger partial charge in [-0.1, -0.05) is 48.5 Å². The van der Waals surface area contributed by atoms with Gasteiger partial charge in [-0.15, -0.1) is 0 Å². The summed E-state index contributed by atoms with van der Waals surface area (Å²) in [7, 11) is 1.58. The van der Waals surface area contributed by atoms with Crippen LogP contribution in [0.4, 0.5) is 5.69 Å². The van der Waals surface area contributed by atoms with Gasteiger partial charge in [0.2, 0.25) is 5.91 Å². The Morgan fingerprint density at radius 1 is 1.06 bits per heavy atom. The number of nitrogens with zero attached hydrogens (tertiary/aromatic N) is 5. The number of methoxy groups -OCH3 is 1. The van der Waals surface area contributed by atoms with Gasteiger partial charge in [-0.05, 0) is 30.5 Å². The zero-order valence-corrected chi connectivity index (χ0v) is 19.8. The van der Waals surface area contributed by atoms with Crippen LogP contribution in [0.2, 0.25) is 0 Å². The number of fused-ring (bicyclic) bond motifs is 2. The summed E-state index contributed by atoms with van der Waals surface area (Å²) < 4.78 is 9.35. The standard InChI is InChI=1S/C26H27N5O4/c1-18-14-20-10-6-7-11-21(20)31(18)22(32)16-30-25(33)23-24(27-17-28(23)12-13-35-2)29(26(30)34)15-19-8-4-3-5-9-19/h3-11,17-18H,12-16H2,1-2H3/t18-/m0/s1. The van der Waals surface area contributed by atoms with E-state index in [1.165, 1.54) is 10.9 Å². The topological polar surface area (TPSA) is 91.4 Å². The van der Waals surface area contributed by atoms with Crippen molar-refractivity contribution in [3.05, 3.63) is 92.9 Å². The first-order valence-electron chi connectivity index (χ1n) is 11.6. The van der Waals surface area contributed by atoms with Gasteiger partial charge in [0.1, 0.15) is 6.54 Å². The summed E-state index contributed by atoms with van der Waals surface area (Å²) in [5.74, 6) is -0.296. The molecule has 0 radical (unpaired) electrons. The van der Waals surface area contributed by atoms with Crippen molar-refractivity contribution >= 4 is 22.8 Å². The highest BCUT2D eigenvalue weighted by Gasteiger charge is 2.31. The smallest absolute Gasteiger partial charge is 0.333 e. The fraction of sp³-hybridized carbons (Fsp3) is 0.308. The summed E-state index contributed by atoms with van der Waals surface area (Å²) in [6, 6.07) is 17.2. The van der Waals surface area contributed by atoms with Gasteiger partial charge < -0.3 is 14.2 Å². The van der Waals surface area contributed by atoms with Crippen molar-refractivity contribution in [3.8, 4) is 0 Å². The van der Waals surface area contributed by atoms with Crippen molar-refractivity contribution in [2.75, 3.05) is 18.6 Å². The Hall–Kier alpha value is -3.98. The van der Waals surface area contributed by atoms with Gasteiger partial charge in [-0.25, -0.2) is 14.3 Å². The molecule has 0 N–H and O–H groups in total. The fourth-order valence-electron chi connectivity index (χ4n) is 4.80. The number of carbonyl (C=O) groups is 1. The average molecular weight is 474 g/mol. The normalized spacial score (nSPS) is 15.0. The maximum atomic E-state index is 13.6. The van der Waals surface area contributed by atoms with Crippen LogP contribution >= 0.6 is 0 Å². The molecule has 1 aliphatic heterocycles. The number of rotatable bonds is 7. The van der Waals surface area contributed by atoms with Gasteiger partial charge in [0, 0.05) is 25.4 Å². The van der Waals surface area contributed by atoms with E-state index in [1.807, 2.05) is 61.5 Å². The van der Waals surface area contributed by atoms with Crippen molar-refractivity contribution in [2.24, 2.45) is 0 Å². The van der Waals surface area contributed by atoms with Gasteiger partial charge in [-0.2, -0.15) is 0 Å². The van der Waals surface area contributed by atoms with E-state index in [2.05, 4.69) is 4.98 Å². The summed E-state index contributed by atoms with van der Waals surface area (Å²) in [6.07, 6.45) is 2.27. The van der Waals surface area contributed by atoms with E-state index in [-0.39, 0.29) is 30.6 Å². The molecule has 1 atom stereocenters. The molecule has 5 rings (SSSR count). The third kappa shape index (κ3) is 4.08. The predicted octanol–water partition coefficient (Wildman–Crippen LogP) is 2.03. The van der Waals surface area contributed by atoms with Gasteiger partial charge in [-0.3, -0.25) is 14.2 Å². The molecule has 3 heterocycles. The van der Waals surface area contributed by atoms with Crippen LogP contribution in [0.3, 0.4) is 0 Å². The molecule has 1 amide bonds. The van der Waals surface area contributed by atoms with Crippen LogP contribution in [-0.2, 0) is 35.6 Å². The Morgan fingerprint density at radius 3 is 2.57 bits per heavy atom. The molecule has 0 saturated carbocycles. The van der Waals surface area contributed by atoms with Crippen LogP contribution in [0, 0.1) is 0 Å². The molecule has 4 aromatic rings. The van der Waals surface area contributed by atoms with Crippen molar-refractivity contribution < 1.29 is 9.53 Å². The largest absolute Gasteiger partial charge is 0.383 e. The van der Waals surface area contributed by atoms with Gasteiger partial charge in [0.25, 0.3) is 5.56 Å². The van der Waals surface area contributed by atoms with Crippen LogP contribution in [0.25, 0.3) is 11.2 Å². The highest BCUT2D eigenvalue weighted by Crippen LogP contribution is 2.31. The van der Waals surface area contributed by atoms with Crippen LogP contribution in [0.15, 0.2) is 70.5 Å². The first-order valence-corrected chi connectivity index (χ1v) is 11.6. The summed E-state index contributed by atoms with van der Waals surface area (Å²) in [4.78, 5) is 46.7. The quantitative estimate of drug-likeness (QED) is 0.410. The average Bonchev–Trinajstić information content (AvgIpc) is 3.44. The van der Waals surface area contributed by atoms with Gasteiger partial charge in [0.05, 0.1) is 19.5 Å². The number of aromatic nitrogens is 4. The summed E-state index contributed by atoms with van der Waals surface area (Å²) in [5, 5.41) is 0. The Balaban J connectivity index is 1.61. The number of ether oxygens (including phenoxy) is 1. The molecule has 0 saturated heterocycles. The van der Waals surface area contributed by atoms with E-state index in [0.29, 0.717) is 18.8 Å². The minimum Gasteiger partial charge on any atom is -0.383 e. The Kier molecular flexibility index (Phi) is 6.08. The Labute approximate surface area is 201 Å². The van der Waals surface area contributed by atoms with Crippen molar-refractivity contribution in [1.29, 1.82) is 0 Å². The van der Waals surface area contributed by atoms with E-state index in [4.69, 9.17) is 4.74 Å². The fourth-order valence-corrected chi connectivity index (χ4v) is 4.80. The molecule has 0 unspecified atom stereocenters. The molecule has 1 aliphatic rings. The number of benzene rings is 2. The minimum atomic E-state index is -0.558. The van der Waals surface area contributed by atoms with Gasteiger partial charge >= 0.3 is 5.69 Å². The number of imidazole rings is 1. The number of para-hydroxylation sites is 1. The second kappa shape index (κ2) is 9.34. The van der Waals surface area contributed by atoms with Gasteiger partial charge in [0.15, 0.2) is 11.2 Å². The van der Waals surface area contributed by atoms with Crippen LogP contribution < -0.4 is 16.1 Å². The number of hydrogen-bond acceptors (Lipinski definition) is 5. The summed E-state index contributed by atoms with van der Waals surface area (Å²) in [6.45, 7) is 2.63. The highest BCUT2D eigenvalue weighted by atomic mass is 16.5. The van der Waals surface area contributed by atoms with E-state index < -0.39 is 11.2 Å². The first-order chi connectivity index (χ1) is 17.0. The number of carbonyl (C=O) groups excluding carboxylic acids is 1. The van der Waals surface area contributed by atoms with Crippen LogP contribution in [-0.4, -0.2) is 44.4 Å². The number of anilines is 1. The molecule has 0 aliphatic carbocycles. The molecular weight excluding hydrogens is 446 g/mol. The van der Waals surface area contributed by atoms with Crippen molar-refractivity contribution in [2.45, 2.75) is 39.0 Å². The zero-order valence-electron chi connectivity index (χ0n) is 19.8. The zero-order chi connectivity index (χ0) is 24.5. The van der Waals surface area contributed by atoms with E-state index in [0.717, 1.165) is 27.8 Å².